The molecule has 2 aliphatic heterocycles. The average Bonchev–Trinajstić information content (AvgIpc) is 3.38. The number of hydrogen-bond acceptors (Lipinski definition) is 7. The van der Waals surface area contributed by atoms with Gasteiger partial charge in [-0.2, -0.15) is 5.10 Å². The maximum atomic E-state index is 14.2. The fourth-order valence-electron chi connectivity index (χ4n) is 5.24. The summed E-state index contributed by atoms with van der Waals surface area (Å²) < 4.78 is 28.6. The van der Waals surface area contributed by atoms with Crippen molar-refractivity contribution in [1.29, 1.82) is 0 Å². The maximum absolute atomic E-state index is 14.2. The lowest BCUT2D eigenvalue weighted by Crippen LogP contribution is -2.47. The zero-order valence-electron chi connectivity index (χ0n) is 18.3. The Morgan fingerprint density at radius 1 is 1.16 bits per heavy atom. The molecule has 6 rings (SSSR count). The Morgan fingerprint density at radius 2 is 2.06 bits per heavy atom. The van der Waals surface area contributed by atoms with E-state index in [-0.39, 0.29) is 30.1 Å². The van der Waals surface area contributed by atoms with Crippen LogP contribution in [0.25, 0.3) is 5.65 Å². The summed E-state index contributed by atoms with van der Waals surface area (Å²) in [6.45, 7) is 5.28. The van der Waals surface area contributed by atoms with Crippen LogP contribution in [-0.4, -0.2) is 43.9 Å². The molecule has 1 aliphatic carbocycles. The van der Waals surface area contributed by atoms with Crippen LogP contribution in [0, 0.1) is 5.82 Å². The van der Waals surface area contributed by atoms with Gasteiger partial charge in [-0.3, -0.25) is 0 Å². The second kappa shape index (κ2) is 7.58. The van der Waals surface area contributed by atoms with Gasteiger partial charge in [-0.15, -0.1) is 0 Å². The number of hydrogen-bond donors (Lipinski definition) is 1. The SMILES string of the molecule is C[C@@H]1C[C@H](C)NCc2cnn3cc4c(nc23)N(Cc2cc(F)cnc2O1)[C@@H]1CCC[C@@H]1O4. The van der Waals surface area contributed by atoms with Crippen LogP contribution in [0.3, 0.4) is 0 Å². The predicted octanol–water partition coefficient (Wildman–Crippen LogP) is 3.23. The summed E-state index contributed by atoms with van der Waals surface area (Å²) in [5, 5.41) is 8.06. The lowest BCUT2D eigenvalue weighted by molar-refractivity contribution is 0.166. The van der Waals surface area contributed by atoms with Gasteiger partial charge in [0.05, 0.1) is 37.3 Å². The van der Waals surface area contributed by atoms with Crippen LogP contribution in [0.5, 0.6) is 11.6 Å². The molecule has 3 aromatic rings. The second-order valence-electron chi connectivity index (χ2n) is 9.21. The molecule has 2 bridgehead atoms. The van der Waals surface area contributed by atoms with Crippen LogP contribution in [0.2, 0.25) is 0 Å². The molecule has 4 atom stereocenters. The Balaban J connectivity index is 1.52. The van der Waals surface area contributed by atoms with Crippen molar-refractivity contribution in [2.75, 3.05) is 4.90 Å². The number of rotatable bonds is 0. The molecule has 0 radical (unpaired) electrons. The molecule has 0 amide bonds. The number of nitrogens with one attached hydrogen (secondary N) is 1. The van der Waals surface area contributed by atoms with Gasteiger partial charge in [0.1, 0.15) is 11.9 Å². The molecule has 1 N–H and O–H groups in total. The van der Waals surface area contributed by atoms with Gasteiger partial charge in [0.2, 0.25) is 5.88 Å². The fourth-order valence-corrected chi connectivity index (χ4v) is 5.24. The molecule has 0 unspecified atom stereocenters. The third kappa shape index (κ3) is 3.35. The van der Waals surface area contributed by atoms with Gasteiger partial charge in [0, 0.05) is 23.7 Å². The summed E-state index contributed by atoms with van der Waals surface area (Å²) in [6.07, 6.45) is 8.91. The molecule has 0 saturated heterocycles. The summed E-state index contributed by atoms with van der Waals surface area (Å²) in [6, 6.07) is 1.93. The van der Waals surface area contributed by atoms with E-state index in [1.165, 1.54) is 12.3 Å². The summed E-state index contributed by atoms with van der Waals surface area (Å²) in [5.41, 5.74) is 2.57. The highest BCUT2D eigenvalue weighted by molar-refractivity contribution is 5.62. The van der Waals surface area contributed by atoms with E-state index in [2.05, 4.69) is 27.2 Å². The first-order valence-electron chi connectivity index (χ1n) is 11.4. The zero-order valence-corrected chi connectivity index (χ0v) is 18.3. The van der Waals surface area contributed by atoms with Gasteiger partial charge in [0.25, 0.3) is 0 Å². The van der Waals surface area contributed by atoms with E-state index in [1.807, 2.05) is 19.3 Å². The summed E-state index contributed by atoms with van der Waals surface area (Å²) in [7, 11) is 0. The Bertz CT molecular complexity index is 1170. The molecule has 3 aliphatic rings. The summed E-state index contributed by atoms with van der Waals surface area (Å²) in [4.78, 5) is 11.6. The van der Waals surface area contributed by atoms with Crippen molar-refractivity contribution in [3.05, 3.63) is 41.6 Å². The van der Waals surface area contributed by atoms with E-state index in [4.69, 9.17) is 14.5 Å². The van der Waals surface area contributed by atoms with Crippen LogP contribution in [0.15, 0.2) is 24.7 Å². The first-order valence-corrected chi connectivity index (χ1v) is 11.4. The van der Waals surface area contributed by atoms with Crippen molar-refractivity contribution >= 4 is 11.5 Å². The van der Waals surface area contributed by atoms with Crippen molar-refractivity contribution in [1.82, 2.24) is 24.9 Å². The van der Waals surface area contributed by atoms with Crippen LogP contribution in [0.1, 0.15) is 50.7 Å². The molecular weight excluding hydrogens is 411 g/mol. The van der Waals surface area contributed by atoms with Gasteiger partial charge in [-0.1, -0.05) is 0 Å². The Hall–Kier alpha value is -2.94. The van der Waals surface area contributed by atoms with Crippen molar-refractivity contribution in [2.24, 2.45) is 0 Å². The van der Waals surface area contributed by atoms with E-state index < -0.39 is 0 Å². The third-order valence-corrected chi connectivity index (χ3v) is 6.75. The minimum atomic E-state index is -0.367. The predicted molar refractivity (Wildman–Crippen MR) is 116 cm³/mol. The van der Waals surface area contributed by atoms with Crippen molar-refractivity contribution < 1.29 is 13.9 Å². The molecular formula is C23H27FN6O2. The van der Waals surface area contributed by atoms with E-state index in [9.17, 15) is 4.39 Å². The lowest BCUT2D eigenvalue weighted by Gasteiger charge is -2.39. The zero-order chi connectivity index (χ0) is 21.8. The molecule has 8 nitrogen and oxygen atoms in total. The van der Waals surface area contributed by atoms with E-state index in [1.54, 1.807) is 4.52 Å². The standard InChI is InChI=1S/C23H27FN6O2/c1-13-6-14(2)31-23-15(7-17(24)10-26-23)11-29-18-4-3-5-19(18)32-20-12-30-21(28-22(20)29)16(8-25-13)9-27-30/h7,9-10,12-14,18-19,25H,3-6,8,11H2,1-2H3/t13-,14+,18+,19-/m0/s1. The largest absolute Gasteiger partial charge is 0.483 e. The minimum Gasteiger partial charge on any atom is -0.483 e. The van der Waals surface area contributed by atoms with E-state index in [0.717, 1.165) is 48.3 Å². The Kier molecular flexibility index (Phi) is 4.67. The number of nitrogens with zero attached hydrogens (tertiary/aromatic N) is 5. The van der Waals surface area contributed by atoms with E-state index in [0.29, 0.717) is 24.7 Å². The average molecular weight is 439 g/mol. The normalized spacial score (nSPS) is 27.4. The van der Waals surface area contributed by atoms with E-state index >= 15 is 0 Å². The molecule has 168 valence electrons. The molecule has 5 heterocycles. The monoisotopic (exact) mass is 438 g/mol. The number of anilines is 1. The fraction of sp³-hybridized carbons (Fsp3) is 0.522. The maximum Gasteiger partial charge on any atom is 0.218 e. The van der Waals surface area contributed by atoms with Crippen LogP contribution >= 0.6 is 0 Å². The topological polar surface area (TPSA) is 76.8 Å². The molecule has 3 aromatic heterocycles. The molecule has 1 fully saturated rings. The highest BCUT2D eigenvalue weighted by Gasteiger charge is 2.41. The smallest absolute Gasteiger partial charge is 0.218 e. The Morgan fingerprint density at radius 3 is 2.97 bits per heavy atom. The lowest BCUT2D eigenvalue weighted by atomic mass is 10.1. The highest BCUT2D eigenvalue weighted by atomic mass is 19.1. The first-order chi connectivity index (χ1) is 15.5. The molecule has 0 aromatic carbocycles. The quantitative estimate of drug-likeness (QED) is 0.577. The van der Waals surface area contributed by atoms with Crippen molar-refractivity contribution in [3.8, 4) is 11.6 Å². The van der Waals surface area contributed by atoms with Gasteiger partial charge >= 0.3 is 0 Å². The van der Waals surface area contributed by atoms with Gasteiger partial charge < -0.3 is 19.7 Å². The summed E-state index contributed by atoms with van der Waals surface area (Å²) in [5.74, 6) is 1.60. The van der Waals surface area contributed by atoms with Crippen LogP contribution in [-0.2, 0) is 13.1 Å². The van der Waals surface area contributed by atoms with Gasteiger partial charge in [0.15, 0.2) is 17.2 Å². The molecule has 1 saturated carbocycles. The van der Waals surface area contributed by atoms with Gasteiger partial charge in [-0.05, 0) is 45.6 Å². The number of halogens is 1. The molecule has 0 spiro atoms. The third-order valence-electron chi connectivity index (χ3n) is 6.75. The van der Waals surface area contributed by atoms with Crippen LogP contribution in [0.4, 0.5) is 10.2 Å². The minimum absolute atomic E-state index is 0.0697. The first kappa shape index (κ1) is 19.7. The number of fused-ring (bicyclic) bond motifs is 3. The molecule has 9 heteroatoms. The van der Waals surface area contributed by atoms with Crippen molar-refractivity contribution in [3.63, 3.8) is 0 Å². The van der Waals surface area contributed by atoms with Crippen molar-refractivity contribution in [2.45, 2.75) is 76.9 Å². The number of ether oxygens (including phenoxy) is 2. The van der Waals surface area contributed by atoms with Gasteiger partial charge in [-0.25, -0.2) is 18.9 Å². The number of aromatic nitrogens is 4. The number of pyridine rings is 1. The summed E-state index contributed by atoms with van der Waals surface area (Å²) >= 11 is 0. The van der Waals surface area contributed by atoms with Crippen LogP contribution < -0.4 is 19.7 Å². The molecule has 32 heavy (non-hydrogen) atoms. The highest BCUT2D eigenvalue weighted by Crippen LogP contribution is 2.42. The second-order valence-corrected chi connectivity index (χ2v) is 9.21. The Labute approximate surface area is 185 Å².